The highest BCUT2D eigenvalue weighted by Crippen LogP contribution is 2.01. The highest BCUT2D eigenvalue weighted by atomic mass is 16.8. The number of hydrogen-bond acceptors (Lipinski definition) is 5. The fourth-order valence-corrected chi connectivity index (χ4v) is 0.775. The van der Waals surface area contributed by atoms with E-state index >= 15 is 0 Å². The smallest absolute Gasteiger partial charge is 0.294 e. The van der Waals surface area contributed by atoms with Crippen molar-refractivity contribution in [1.82, 2.24) is 5.16 Å². The van der Waals surface area contributed by atoms with Gasteiger partial charge in [0.15, 0.2) is 0 Å². The van der Waals surface area contributed by atoms with Gasteiger partial charge in [-0.05, 0) is 4.90 Å². The van der Waals surface area contributed by atoms with Crippen molar-refractivity contribution in [2.75, 3.05) is 0 Å². The minimum atomic E-state index is -0.545. The van der Waals surface area contributed by atoms with Crippen LogP contribution in [0.25, 0.3) is 0 Å². The van der Waals surface area contributed by atoms with Crippen LogP contribution in [0.3, 0.4) is 0 Å². The Balaban J connectivity index is 3.31. The van der Waals surface area contributed by atoms with Gasteiger partial charge in [-0.2, -0.15) is 0 Å². The summed E-state index contributed by atoms with van der Waals surface area (Å²) in [6.45, 7) is 2.36. The van der Waals surface area contributed by atoms with Gasteiger partial charge in [-0.1, -0.05) is 0 Å². The molecule has 0 aromatic carbocycles. The minimum Gasteiger partial charge on any atom is -0.359 e. The molecule has 6 nitrogen and oxygen atoms in total. The highest BCUT2D eigenvalue weighted by Gasteiger charge is 2.26. The van der Waals surface area contributed by atoms with E-state index in [1.807, 2.05) is 0 Å². The molecule has 1 heterocycles. The summed E-state index contributed by atoms with van der Waals surface area (Å²) in [5, 5.41) is 13.8. The second-order valence-electron chi connectivity index (χ2n) is 2.24. The molecule has 6 heteroatoms. The third-order valence-electron chi connectivity index (χ3n) is 1.28. The van der Waals surface area contributed by atoms with E-state index in [1.165, 1.54) is 6.92 Å². The zero-order chi connectivity index (χ0) is 9.30. The molecule has 0 unspecified atom stereocenters. The van der Waals surface area contributed by atoms with Crippen molar-refractivity contribution in [3.8, 4) is 0 Å². The van der Waals surface area contributed by atoms with Gasteiger partial charge in [0.2, 0.25) is 11.6 Å². The van der Waals surface area contributed by atoms with Crippen LogP contribution in [0.1, 0.15) is 34.8 Å². The third-order valence-corrected chi connectivity index (χ3v) is 1.28. The van der Waals surface area contributed by atoms with E-state index in [2.05, 4.69) is 9.79 Å². The summed E-state index contributed by atoms with van der Waals surface area (Å²) in [5.74, 6) is -1.02. The van der Waals surface area contributed by atoms with Gasteiger partial charge in [-0.15, -0.1) is 0 Å². The van der Waals surface area contributed by atoms with E-state index in [-0.39, 0.29) is 16.3 Å². The van der Waals surface area contributed by atoms with Gasteiger partial charge in [0.05, 0.1) is 5.16 Å². The van der Waals surface area contributed by atoms with Crippen molar-refractivity contribution < 1.29 is 19.1 Å². The molecule has 0 spiro atoms. The molecular weight excluding hydrogens is 164 g/mol. The SMILES string of the molecule is CC(=O)c1no[n+]([O-])c1C(C)=O. The summed E-state index contributed by atoms with van der Waals surface area (Å²) in [6, 6.07) is 0. The van der Waals surface area contributed by atoms with Gasteiger partial charge < -0.3 is 5.21 Å². The zero-order valence-corrected chi connectivity index (χ0v) is 6.53. The van der Waals surface area contributed by atoms with E-state index in [4.69, 9.17) is 0 Å². The number of nitrogens with zero attached hydrogens (tertiary/aromatic N) is 2. The molecule has 0 aliphatic carbocycles. The standard InChI is InChI=1S/C6H6N2O4/c1-3(9)5-6(4(2)10)8(11)12-7-5/h1-2H3. The molecule has 0 atom stereocenters. The van der Waals surface area contributed by atoms with Gasteiger partial charge in [-0.25, -0.2) is 0 Å². The van der Waals surface area contributed by atoms with Crippen molar-refractivity contribution in [1.29, 1.82) is 0 Å². The lowest BCUT2D eigenvalue weighted by Crippen LogP contribution is -2.31. The zero-order valence-electron chi connectivity index (χ0n) is 6.53. The molecule has 0 bridgehead atoms. The summed E-state index contributed by atoms with van der Waals surface area (Å²) in [6.07, 6.45) is 0. The lowest BCUT2D eigenvalue weighted by Gasteiger charge is -1.88. The van der Waals surface area contributed by atoms with E-state index in [0.717, 1.165) is 6.92 Å². The second-order valence-corrected chi connectivity index (χ2v) is 2.24. The fourth-order valence-electron chi connectivity index (χ4n) is 0.775. The van der Waals surface area contributed by atoms with E-state index < -0.39 is 11.6 Å². The predicted molar refractivity (Wildman–Crippen MR) is 35.5 cm³/mol. The molecule has 0 saturated carbocycles. The Morgan fingerprint density at radius 1 is 1.42 bits per heavy atom. The molecule has 0 aliphatic rings. The molecule has 0 radical (unpaired) electrons. The normalized spacial score (nSPS) is 9.83. The number of Topliss-reactive ketones (excluding diaryl/α,β-unsaturated/α-hetero) is 2. The largest absolute Gasteiger partial charge is 0.359 e. The van der Waals surface area contributed by atoms with Crippen molar-refractivity contribution in [3.05, 3.63) is 16.6 Å². The van der Waals surface area contributed by atoms with Crippen LogP contribution in [0.2, 0.25) is 0 Å². The van der Waals surface area contributed by atoms with Gasteiger partial charge in [0.25, 0.3) is 11.4 Å². The Hall–Kier alpha value is -1.72. The fraction of sp³-hybridized carbons (Fsp3) is 0.333. The second kappa shape index (κ2) is 2.72. The molecule has 0 aliphatic heterocycles. The molecule has 0 fully saturated rings. The number of ketones is 2. The van der Waals surface area contributed by atoms with Gasteiger partial charge in [0, 0.05) is 13.8 Å². The summed E-state index contributed by atoms with van der Waals surface area (Å²) in [5.41, 5.74) is -0.569. The molecule has 64 valence electrons. The van der Waals surface area contributed by atoms with Crippen molar-refractivity contribution in [2.24, 2.45) is 0 Å². The van der Waals surface area contributed by atoms with Crippen LogP contribution in [-0.2, 0) is 0 Å². The van der Waals surface area contributed by atoms with E-state index in [9.17, 15) is 14.8 Å². The number of hydrogen-bond donors (Lipinski definition) is 0. The maximum absolute atomic E-state index is 10.8. The predicted octanol–water partition coefficient (Wildman–Crippen LogP) is -0.287. The van der Waals surface area contributed by atoms with Crippen molar-refractivity contribution in [2.45, 2.75) is 13.8 Å². The van der Waals surface area contributed by atoms with Gasteiger partial charge in [-0.3, -0.25) is 14.2 Å². The molecule has 1 aromatic heterocycles. The first-order chi connectivity index (χ1) is 5.54. The average molecular weight is 170 g/mol. The first kappa shape index (κ1) is 8.38. The lowest BCUT2D eigenvalue weighted by molar-refractivity contribution is -0.803. The number of carbonyl (C=O) groups is 2. The number of carbonyl (C=O) groups excluding carboxylic acids is 2. The van der Waals surface area contributed by atoms with Gasteiger partial charge in [0.1, 0.15) is 0 Å². The average Bonchev–Trinajstić information content (AvgIpc) is 2.30. The Kier molecular flexibility index (Phi) is 1.90. The first-order valence-corrected chi connectivity index (χ1v) is 3.15. The summed E-state index contributed by atoms with van der Waals surface area (Å²) >= 11 is 0. The summed E-state index contributed by atoms with van der Waals surface area (Å²) in [4.78, 5) is 21.5. The van der Waals surface area contributed by atoms with Crippen LogP contribution in [0.15, 0.2) is 4.63 Å². The Labute approximate surface area is 67.3 Å². The lowest BCUT2D eigenvalue weighted by atomic mass is 10.2. The van der Waals surface area contributed by atoms with E-state index in [0.29, 0.717) is 0 Å². The van der Waals surface area contributed by atoms with Gasteiger partial charge >= 0.3 is 0 Å². The molecule has 1 aromatic rings. The van der Waals surface area contributed by atoms with Crippen LogP contribution in [-0.4, -0.2) is 16.7 Å². The Bertz CT molecular complexity index is 341. The molecule has 12 heavy (non-hydrogen) atoms. The summed E-state index contributed by atoms with van der Waals surface area (Å²) in [7, 11) is 0. The first-order valence-electron chi connectivity index (χ1n) is 3.15. The van der Waals surface area contributed by atoms with Crippen LogP contribution < -0.4 is 4.90 Å². The molecule has 1 rings (SSSR count). The van der Waals surface area contributed by atoms with Crippen molar-refractivity contribution >= 4 is 11.6 Å². The quantitative estimate of drug-likeness (QED) is 0.449. The Morgan fingerprint density at radius 2 is 2.00 bits per heavy atom. The van der Waals surface area contributed by atoms with Crippen LogP contribution >= 0.6 is 0 Å². The third kappa shape index (κ3) is 1.18. The molecule has 0 amide bonds. The molecule has 0 N–H and O–H groups in total. The van der Waals surface area contributed by atoms with Crippen molar-refractivity contribution in [3.63, 3.8) is 0 Å². The minimum absolute atomic E-state index is 0.0704. The van der Waals surface area contributed by atoms with E-state index in [1.54, 1.807) is 0 Å². The van der Waals surface area contributed by atoms with Crippen LogP contribution in [0, 0.1) is 5.21 Å². The molecular formula is C6H6N2O4. The maximum atomic E-state index is 10.8. The monoisotopic (exact) mass is 170 g/mol. The molecule has 0 saturated heterocycles. The number of rotatable bonds is 2. The number of aromatic nitrogens is 2. The van der Waals surface area contributed by atoms with Crippen LogP contribution in [0.5, 0.6) is 0 Å². The highest BCUT2D eigenvalue weighted by molar-refractivity contribution is 6.03. The maximum Gasteiger partial charge on any atom is 0.294 e. The topological polar surface area (TPSA) is 87.1 Å². The summed E-state index contributed by atoms with van der Waals surface area (Å²) < 4.78 is 4.09. The Morgan fingerprint density at radius 3 is 2.33 bits per heavy atom. The van der Waals surface area contributed by atoms with Crippen LogP contribution in [0.4, 0.5) is 0 Å².